The molecule has 1 fully saturated rings. The quantitative estimate of drug-likeness (QED) is 0.851. The minimum atomic E-state index is -1.23. The largest absolute Gasteiger partial charge is 0.478 e. The topological polar surface area (TPSA) is 49.3 Å². The van der Waals surface area contributed by atoms with Gasteiger partial charge in [-0.3, -0.25) is 0 Å². The van der Waals surface area contributed by atoms with E-state index in [2.05, 4.69) is 12.2 Å². The van der Waals surface area contributed by atoms with Crippen LogP contribution in [0.25, 0.3) is 0 Å². The Bertz CT molecular complexity index is 476. The Morgan fingerprint density at radius 3 is 2.90 bits per heavy atom. The molecular weight excluding hydrogens is 257 g/mol. The van der Waals surface area contributed by atoms with Crippen LogP contribution in [0, 0.1) is 17.7 Å². The number of carboxylic acid groups (broad SMARTS) is 1. The number of anilines is 1. The van der Waals surface area contributed by atoms with Gasteiger partial charge in [0.05, 0.1) is 5.56 Å². The average Bonchev–Trinajstić information content (AvgIpc) is 2.38. The molecule has 0 aromatic heterocycles. The summed E-state index contributed by atoms with van der Waals surface area (Å²) in [4.78, 5) is 10.7. The summed E-state index contributed by atoms with van der Waals surface area (Å²) in [6.45, 7) is 3.11. The molecule has 0 spiro atoms. The van der Waals surface area contributed by atoms with Crippen LogP contribution in [0.15, 0.2) is 18.2 Å². The summed E-state index contributed by atoms with van der Waals surface area (Å²) in [6, 6.07) is 4.19. The number of hydrogen-bond acceptors (Lipinski definition) is 2. The number of rotatable bonds is 5. The molecule has 0 heterocycles. The van der Waals surface area contributed by atoms with E-state index in [4.69, 9.17) is 5.11 Å². The van der Waals surface area contributed by atoms with Crippen LogP contribution in [0.4, 0.5) is 10.1 Å². The van der Waals surface area contributed by atoms with Crippen molar-refractivity contribution in [3.63, 3.8) is 0 Å². The van der Waals surface area contributed by atoms with E-state index in [0.29, 0.717) is 5.69 Å². The summed E-state index contributed by atoms with van der Waals surface area (Å²) in [5.74, 6) is -0.338. The summed E-state index contributed by atoms with van der Waals surface area (Å²) >= 11 is 0. The summed E-state index contributed by atoms with van der Waals surface area (Å²) < 4.78 is 13.5. The summed E-state index contributed by atoms with van der Waals surface area (Å²) in [5, 5.41) is 11.9. The SMILES string of the molecule is CC1CCCC(CCNc2ccc(C(=O)O)c(F)c2)C1. The van der Waals surface area contributed by atoms with Crippen LogP contribution in [0.2, 0.25) is 0 Å². The Kier molecular flexibility index (Phi) is 4.99. The predicted octanol–water partition coefficient (Wildman–Crippen LogP) is 4.15. The van der Waals surface area contributed by atoms with Crippen molar-refractivity contribution >= 4 is 11.7 Å². The van der Waals surface area contributed by atoms with Crippen molar-refractivity contribution in [2.75, 3.05) is 11.9 Å². The fourth-order valence-corrected chi connectivity index (χ4v) is 3.04. The van der Waals surface area contributed by atoms with Gasteiger partial charge in [0, 0.05) is 12.2 Å². The number of aromatic carboxylic acids is 1. The van der Waals surface area contributed by atoms with Crippen LogP contribution in [0.5, 0.6) is 0 Å². The van der Waals surface area contributed by atoms with Gasteiger partial charge in [-0.15, -0.1) is 0 Å². The van der Waals surface area contributed by atoms with Crippen molar-refractivity contribution < 1.29 is 14.3 Å². The lowest BCUT2D eigenvalue weighted by Gasteiger charge is -2.26. The Morgan fingerprint density at radius 1 is 1.45 bits per heavy atom. The van der Waals surface area contributed by atoms with E-state index in [-0.39, 0.29) is 5.56 Å². The van der Waals surface area contributed by atoms with Crippen LogP contribution < -0.4 is 5.32 Å². The molecule has 2 atom stereocenters. The van der Waals surface area contributed by atoms with Gasteiger partial charge in [0.25, 0.3) is 0 Å². The van der Waals surface area contributed by atoms with Crippen LogP contribution in [0.1, 0.15) is 49.4 Å². The third-order valence-corrected chi connectivity index (χ3v) is 4.13. The monoisotopic (exact) mass is 279 g/mol. The molecule has 1 saturated carbocycles. The molecule has 0 aliphatic heterocycles. The molecule has 1 aliphatic carbocycles. The van der Waals surface area contributed by atoms with E-state index in [1.54, 1.807) is 6.07 Å². The molecule has 2 rings (SSSR count). The number of carbonyl (C=O) groups is 1. The minimum absolute atomic E-state index is 0.281. The standard InChI is InChI=1S/C16H22FNO2/c1-11-3-2-4-12(9-11)7-8-18-13-5-6-14(16(19)20)15(17)10-13/h5-6,10-12,18H,2-4,7-9H2,1H3,(H,19,20). The number of halogens is 1. The lowest BCUT2D eigenvalue weighted by molar-refractivity contribution is 0.0692. The maximum absolute atomic E-state index is 13.5. The van der Waals surface area contributed by atoms with Gasteiger partial charge in [0.2, 0.25) is 0 Å². The zero-order valence-electron chi connectivity index (χ0n) is 11.9. The van der Waals surface area contributed by atoms with Crippen molar-refractivity contribution in [2.24, 2.45) is 11.8 Å². The fraction of sp³-hybridized carbons (Fsp3) is 0.562. The third kappa shape index (κ3) is 3.95. The molecule has 110 valence electrons. The molecular formula is C16H22FNO2. The minimum Gasteiger partial charge on any atom is -0.478 e. The second-order valence-electron chi connectivity index (χ2n) is 5.85. The first-order chi connectivity index (χ1) is 9.56. The van der Waals surface area contributed by atoms with Crippen LogP contribution >= 0.6 is 0 Å². The molecule has 1 aliphatic rings. The number of benzene rings is 1. The molecule has 0 amide bonds. The Balaban J connectivity index is 1.82. The van der Waals surface area contributed by atoms with Crippen molar-refractivity contribution in [3.8, 4) is 0 Å². The molecule has 0 bridgehead atoms. The third-order valence-electron chi connectivity index (χ3n) is 4.13. The Morgan fingerprint density at radius 2 is 2.25 bits per heavy atom. The highest BCUT2D eigenvalue weighted by Gasteiger charge is 2.18. The molecule has 4 heteroatoms. The van der Waals surface area contributed by atoms with E-state index in [0.717, 1.165) is 24.8 Å². The maximum Gasteiger partial charge on any atom is 0.338 e. The fourth-order valence-electron chi connectivity index (χ4n) is 3.04. The average molecular weight is 279 g/mol. The molecule has 1 aromatic carbocycles. The van der Waals surface area contributed by atoms with E-state index in [1.165, 1.54) is 37.8 Å². The smallest absolute Gasteiger partial charge is 0.338 e. The van der Waals surface area contributed by atoms with E-state index >= 15 is 0 Å². The van der Waals surface area contributed by atoms with E-state index in [9.17, 15) is 9.18 Å². The first-order valence-corrected chi connectivity index (χ1v) is 7.33. The van der Waals surface area contributed by atoms with Crippen LogP contribution in [-0.2, 0) is 0 Å². The van der Waals surface area contributed by atoms with E-state index < -0.39 is 11.8 Å². The second-order valence-corrected chi connectivity index (χ2v) is 5.85. The number of carboxylic acids is 1. The summed E-state index contributed by atoms with van der Waals surface area (Å²) in [6.07, 6.45) is 6.32. The molecule has 0 radical (unpaired) electrons. The van der Waals surface area contributed by atoms with Gasteiger partial charge in [-0.25, -0.2) is 9.18 Å². The maximum atomic E-state index is 13.5. The molecule has 0 saturated heterocycles. The molecule has 3 nitrogen and oxygen atoms in total. The summed E-state index contributed by atoms with van der Waals surface area (Å²) in [5.41, 5.74) is 0.369. The van der Waals surface area contributed by atoms with Crippen molar-refractivity contribution in [3.05, 3.63) is 29.6 Å². The molecule has 2 unspecified atom stereocenters. The molecule has 1 aromatic rings. The highest BCUT2D eigenvalue weighted by molar-refractivity contribution is 5.88. The summed E-state index contributed by atoms with van der Waals surface area (Å²) in [7, 11) is 0. The zero-order valence-corrected chi connectivity index (χ0v) is 11.9. The van der Waals surface area contributed by atoms with Gasteiger partial charge >= 0.3 is 5.97 Å². The Hall–Kier alpha value is -1.58. The highest BCUT2D eigenvalue weighted by Crippen LogP contribution is 2.30. The van der Waals surface area contributed by atoms with Gasteiger partial charge in [-0.2, -0.15) is 0 Å². The lowest BCUT2D eigenvalue weighted by Crippen LogP contribution is -2.16. The van der Waals surface area contributed by atoms with Crippen molar-refractivity contribution in [1.82, 2.24) is 0 Å². The first-order valence-electron chi connectivity index (χ1n) is 7.33. The van der Waals surface area contributed by atoms with Crippen molar-refractivity contribution in [2.45, 2.75) is 39.0 Å². The van der Waals surface area contributed by atoms with Gasteiger partial charge in [0.1, 0.15) is 5.82 Å². The highest BCUT2D eigenvalue weighted by atomic mass is 19.1. The number of hydrogen-bond donors (Lipinski definition) is 2. The second kappa shape index (κ2) is 6.73. The predicted molar refractivity (Wildman–Crippen MR) is 77.6 cm³/mol. The molecule has 20 heavy (non-hydrogen) atoms. The van der Waals surface area contributed by atoms with Gasteiger partial charge < -0.3 is 10.4 Å². The zero-order chi connectivity index (χ0) is 14.5. The first kappa shape index (κ1) is 14.8. The van der Waals surface area contributed by atoms with Gasteiger partial charge in [-0.05, 0) is 42.9 Å². The lowest BCUT2D eigenvalue weighted by atomic mass is 9.81. The van der Waals surface area contributed by atoms with Crippen LogP contribution in [0.3, 0.4) is 0 Å². The normalized spacial score (nSPS) is 22.5. The van der Waals surface area contributed by atoms with E-state index in [1.807, 2.05) is 0 Å². The van der Waals surface area contributed by atoms with Crippen molar-refractivity contribution in [1.29, 1.82) is 0 Å². The van der Waals surface area contributed by atoms with Crippen LogP contribution in [-0.4, -0.2) is 17.6 Å². The molecule has 2 N–H and O–H groups in total. The Labute approximate surface area is 119 Å². The number of nitrogens with one attached hydrogen (secondary N) is 1. The van der Waals surface area contributed by atoms with Gasteiger partial charge in [-0.1, -0.05) is 26.2 Å². The van der Waals surface area contributed by atoms with Gasteiger partial charge in [0.15, 0.2) is 0 Å².